The number of nitrogens with one attached hydrogen (secondary N) is 1. The Morgan fingerprint density at radius 2 is 1.90 bits per heavy atom. The Kier molecular flexibility index (Phi) is 5.76. The number of benzene rings is 1. The van der Waals surface area contributed by atoms with Gasteiger partial charge in [-0.3, -0.25) is 4.79 Å². The summed E-state index contributed by atoms with van der Waals surface area (Å²) in [6, 6.07) is 11.6. The van der Waals surface area contributed by atoms with Gasteiger partial charge in [0.15, 0.2) is 12.4 Å². The average molecular weight is 304 g/mol. The highest BCUT2D eigenvalue weighted by Gasteiger charge is 2.09. The van der Waals surface area contributed by atoms with Crippen molar-refractivity contribution in [2.75, 3.05) is 0 Å². The van der Waals surface area contributed by atoms with Crippen molar-refractivity contribution in [3.63, 3.8) is 0 Å². The summed E-state index contributed by atoms with van der Waals surface area (Å²) < 4.78 is 1.88. The topological polar surface area (TPSA) is 33.0 Å². The van der Waals surface area contributed by atoms with Gasteiger partial charge in [0.2, 0.25) is 6.54 Å². The quantitative estimate of drug-likeness (QED) is 0.818. The van der Waals surface area contributed by atoms with Crippen molar-refractivity contribution >= 4 is 17.5 Å². The van der Waals surface area contributed by atoms with Crippen molar-refractivity contribution in [1.82, 2.24) is 5.32 Å². The van der Waals surface area contributed by atoms with Crippen LogP contribution in [-0.4, -0.2) is 5.91 Å². The molecule has 1 amide bonds. The van der Waals surface area contributed by atoms with Crippen molar-refractivity contribution in [3.05, 3.63) is 64.9 Å². The van der Waals surface area contributed by atoms with Crippen LogP contribution in [-0.2, 0) is 24.3 Å². The summed E-state index contributed by atoms with van der Waals surface area (Å²) in [7, 11) is 0. The predicted molar refractivity (Wildman–Crippen MR) is 83.9 cm³/mol. The molecule has 1 aromatic heterocycles. The lowest BCUT2D eigenvalue weighted by molar-refractivity contribution is -0.684. The molecule has 0 aliphatic rings. The number of aromatic nitrogens is 1. The smallest absolute Gasteiger partial charge is 0.286 e. The van der Waals surface area contributed by atoms with Gasteiger partial charge in [0.05, 0.1) is 0 Å². The molecule has 2 rings (SSSR count). The maximum absolute atomic E-state index is 11.9. The number of rotatable bonds is 6. The Morgan fingerprint density at radius 1 is 1.19 bits per heavy atom. The van der Waals surface area contributed by atoms with Gasteiger partial charge in [-0.1, -0.05) is 43.1 Å². The highest BCUT2D eigenvalue weighted by Crippen LogP contribution is 2.14. The van der Waals surface area contributed by atoms with Crippen LogP contribution in [0, 0.1) is 0 Å². The maximum Gasteiger partial charge on any atom is 0.286 e. The van der Waals surface area contributed by atoms with E-state index in [1.807, 2.05) is 41.2 Å². The van der Waals surface area contributed by atoms with Crippen LogP contribution in [0.3, 0.4) is 0 Å². The number of aryl methyl sites for hydroxylation is 1. The Hall–Kier alpha value is -1.87. The summed E-state index contributed by atoms with van der Waals surface area (Å²) in [4.78, 5) is 11.9. The molecule has 0 saturated heterocycles. The van der Waals surface area contributed by atoms with Gasteiger partial charge in [0.1, 0.15) is 0 Å². The number of pyridine rings is 1. The molecule has 0 spiro atoms. The zero-order valence-electron chi connectivity index (χ0n) is 12.2. The molecule has 1 aromatic carbocycles. The molecule has 110 valence electrons. The number of carbonyl (C=O) groups is 1. The summed E-state index contributed by atoms with van der Waals surface area (Å²) in [5.41, 5.74) is 2.22. The minimum Gasteiger partial charge on any atom is -0.346 e. The molecule has 0 fully saturated rings. The zero-order valence-corrected chi connectivity index (χ0v) is 12.9. The van der Waals surface area contributed by atoms with Crippen molar-refractivity contribution in [2.45, 2.75) is 32.9 Å². The molecule has 0 atom stereocenters. The Bertz CT molecular complexity index is 596. The van der Waals surface area contributed by atoms with Crippen molar-refractivity contribution in [1.29, 1.82) is 0 Å². The number of hydrogen-bond acceptors (Lipinski definition) is 1. The van der Waals surface area contributed by atoms with Gasteiger partial charge in [0.25, 0.3) is 5.91 Å². The van der Waals surface area contributed by atoms with Crippen LogP contribution in [0.4, 0.5) is 0 Å². The van der Waals surface area contributed by atoms with E-state index in [1.165, 1.54) is 5.56 Å². The first-order valence-electron chi connectivity index (χ1n) is 7.17. The molecular weight excluding hydrogens is 284 g/mol. The highest BCUT2D eigenvalue weighted by atomic mass is 35.5. The molecule has 0 saturated carbocycles. The fourth-order valence-corrected chi connectivity index (χ4v) is 2.31. The summed E-state index contributed by atoms with van der Waals surface area (Å²) in [5.74, 6) is -0.0249. The summed E-state index contributed by atoms with van der Waals surface area (Å²) >= 11 is 6.06. The first kappa shape index (κ1) is 15.5. The Morgan fingerprint density at radius 3 is 2.57 bits per heavy atom. The third kappa shape index (κ3) is 4.87. The van der Waals surface area contributed by atoms with E-state index in [0.29, 0.717) is 18.1 Å². The molecular formula is C17H20ClN2O+. The van der Waals surface area contributed by atoms with Gasteiger partial charge in [-0.15, -0.1) is 0 Å². The Labute approximate surface area is 130 Å². The standard InChI is InChI=1S/C17H19ClN2O/c1-2-5-14-8-10-20(11-9-14)13-17(21)19-12-15-6-3-4-7-16(15)18/h3-4,6-11H,2,5,12-13H2,1H3/p+1. The van der Waals surface area contributed by atoms with Gasteiger partial charge in [-0.2, -0.15) is 4.57 Å². The van der Waals surface area contributed by atoms with E-state index < -0.39 is 0 Å². The number of halogens is 1. The number of carbonyl (C=O) groups excluding carboxylic acids is 1. The van der Waals surface area contributed by atoms with Crippen LogP contribution < -0.4 is 9.88 Å². The second kappa shape index (κ2) is 7.79. The molecule has 0 aliphatic heterocycles. The lowest BCUT2D eigenvalue weighted by atomic mass is 10.1. The number of amides is 1. The second-order valence-electron chi connectivity index (χ2n) is 5.00. The van der Waals surface area contributed by atoms with Crippen LogP contribution in [0.1, 0.15) is 24.5 Å². The molecule has 1 N–H and O–H groups in total. The van der Waals surface area contributed by atoms with Crippen LogP contribution >= 0.6 is 11.6 Å². The maximum atomic E-state index is 11.9. The average Bonchev–Trinajstić information content (AvgIpc) is 2.49. The fourth-order valence-electron chi connectivity index (χ4n) is 2.11. The monoisotopic (exact) mass is 303 g/mol. The molecule has 0 radical (unpaired) electrons. The van der Waals surface area contributed by atoms with Gasteiger partial charge in [-0.05, 0) is 23.6 Å². The van der Waals surface area contributed by atoms with E-state index >= 15 is 0 Å². The molecule has 3 nitrogen and oxygen atoms in total. The normalized spacial score (nSPS) is 10.4. The SMILES string of the molecule is CCCc1cc[n+](CC(=O)NCc2ccccc2Cl)cc1. The van der Waals surface area contributed by atoms with E-state index in [1.54, 1.807) is 0 Å². The van der Waals surface area contributed by atoms with Crippen LogP contribution in [0.5, 0.6) is 0 Å². The van der Waals surface area contributed by atoms with E-state index in [2.05, 4.69) is 24.4 Å². The predicted octanol–water partition coefficient (Wildman–Crippen LogP) is 2.90. The summed E-state index contributed by atoms with van der Waals surface area (Å²) in [6.07, 6.45) is 6.09. The molecule has 1 heterocycles. The lowest BCUT2D eigenvalue weighted by Crippen LogP contribution is -2.42. The highest BCUT2D eigenvalue weighted by molar-refractivity contribution is 6.31. The van der Waals surface area contributed by atoms with E-state index in [4.69, 9.17) is 11.6 Å². The first-order valence-corrected chi connectivity index (χ1v) is 7.55. The molecule has 2 aromatic rings. The van der Waals surface area contributed by atoms with Gasteiger partial charge < -0.3 is 5.32 Å². The number of hydrogen-bond donors (Lipinski definition) is 1. The van der Waals surface area contributed by atoms with Crippen LogP contribution in [0.25, 0.3) is 0 Å². The molecule has 0 unspecified atom stereocenters. The van der Waals surface area contributed by atoms with Gasteiger partial charge in [0, 0.05) is 23.7 Å². The van der Waals surface area contributed by atoms with E-state index in [0.717, 1.165) is 18.4 Å². The zero-order chi connectivity index (χ0) is 15.1. The van der Waals surface area contributed by atoms with E-state index in [-0.39, 0.29) is 5.91 Å². The third-order valence-electron chi connectivity index (χ3n) is 3.26. The summed E-state index contributed by atoms with van der Waals surface area (Å²) in [6.45, 7) is 2.92. The third-order valence-corrected chi connectivity index (χ3v) is 3.63. The Balaban J connectivity index is 1.85. The summed E-state index contributed by atoms with van der Waals surface area (Å²) in [5, 5.41) is 3.56. The van der Waals surface area contributed by atoms with Crippen molar-refractivity contribution < 1.29 is 9.36 Å². The van der Waals surface area contributed by atoms with Crippen LogP contribution in [0.15, 0.2) is 48.8 Å². The minimum absolute atomic E-state index is 0.0249. The lowest BCUT2D eigenvalue weighted by Gasteiger charge is -2.05. The fraction of sp³-hybridized carbons (Fsp3) is 0.294. The van der Waals surface area contributed by atoms with Gasteiger partial charge >= 0.3 is 0 Å². The molecule has 0 aliphatic carbocycles. The van der Waals surface area contributed by atoms with Crippen LogP contribution in [0.2, 0.25) is 5.02 Å². The minimum atomic E-state index is -0.0249. The molecule has 0 bridgehead atoms. The second-order valence-corrected chi connectivity index (χ2v) is 5.40. The number of nitrogens with zero attached hydrogens (tertiary/aromatic N) is 1. The van der Waals surface area contributed by atoms with Crippen molar-refractivity contribution in [2.24, 2.45) is 0 Å². The molecule has 4 heteroatoms. The van der Waals surface area contributed by atoms with E-state index in [9.17, 15) is 4.79 Å². The van der Waals surface area contributed by atoms with Gasteiger partial charge in [-0.25, -0.2) is 0 Å². The molecule has 21 heavy (non-hydrogen) atoms. The first-order chi connectivity index (χ1) is 10.2. The largest absolute Gasteiger partial charge is 0.346 e. The van der Waals surface area contributed by atoms with Crippen molar-refractivity contribution in [3.8, 4) is 0 Å².